The molecule has 1 saturated heterocycles. The van der Waals surface area contributed by atoms with Gasteiger partial charge in [-0.1, -0.05) is 19.7 Å². The van der Waals surface area contributed by atoms with Gasteiger partial charge >= 0.3 is 0 Å². The summed E-state index contributed by atoms with van der Waals surface area (Å²) in [5, 5.41) is 14.8. The molecule has 0 atom stereocenters. The van der Waals surface area contributed by atoms with Crippen molar-refractivity contribution in [2.45, 2.75) is 12.8 Å². The second-order valence-electron chi connectivity index (χ2n) is 4.98. The van der Waals surface area contributed by atoms with Crippen LogP contribution in [0.1, 0.15) is 12.8 Å². The van der Waals surface area contributed by atoms with Gasteiger partial charge in [0.25, 0.3) is 0 Å². The molecule has 0 saturated carbocycles. The van der Waals surface area contributed by atoms with Crippen LogP contribution >= 0.6 is 0 Å². The third-order valence-electron chi connectivity index (χ3n) is 2.58. The monoisotopic (exact) mass is 299 g/mol. The average molecular weight is 299 g/mol. The van der Waals surface area contributed by atoms with Crippen molar-refractivity contribution in [1.82, 2.24) is 4.90 Å². The molecule has 21 heavy (non-hydrogen) atoms. The van der Waals surface area contributed by atoms with E-state index in [1.54, 1.807) is 11.1 Å². The molecule has 1 rings (SSSR count). The summed E-state index contributed by atoms with van der Waals surface area (Å²) in [5.41, 5.74) is 0. The van der Waals surface area contributed by atoms with E-state index in [1.165, 1.54) is 0 Å². The Morgan fingerprint density at radius 2 is 1.67 bits per heavy atom. The van der Waals surface area contributed by atoms with E-state index in [1.807, 2.05) is 12.2 Å². The number of likely N-dealkylation sites (N-methyl/N-ethyl adjacent to an activating group) is 1. The number of carbonyl (C=O) groups is 1. The van der Waals surface area contributed by atoms with Crippen LogP contribution in [0.25, 0.3) is 0 Å². The molecule has 0 aromatic heterocycles. The molecule has 0 aromatic carbocycles. The second-order valence-corrected chi connectivity index (χ2v) is 4.98. The van der Waals surface area contributed by atoms with Crippen LogP contribution < -0.4 is 0 Å². The van der Waals surface area contributed by atoms with Gasteiger partial charge in [0.05, 0.1) is 32.3 Å². The molecule has 0 spiro atoms. The topological polar surface area (TPSA) is 86.5 Å². The van der Waals surface area contributed by atoms with E-state index in [2.05, 4.69) is 33.8 Å². The van der Waals surface area contributed by atoms with Gasteiger partial charge in [-0.2, -0.15) is 0 Å². The lowest BCUT2D eigenvalue weighted by Gasteiger charge is -2.26. The largest absolute Gasteiger partial charge is 0.356 e. The molecule has 1 fully saturated rings. The van der Waals surface area contributed by atoms with Gasteiger partial charge in [0, 0.05) is 13.0 Å². The molecule has 0 N–H and O–H groups in total. The summed E-state index contributed by atoms with van der Waals surface area (Å²) in [6.07, 6.45) is 7.15. The van der Waals surface area contributed by atoms with E-state index in [0.29, 0.717) is 6.42 Å². The minimum Gasteiger partial charge on any atom is -0.356 e. The standard InChI is InChI=1S/C8H16N.C6H9NO.NO3/c1-5-7-9(3,4)8-6-2;1-2-7-5-3-4-6(7)8;2-1(3)4/h5-6H,1-2,7-8H2,3-4H3;2H,1,3-5H2;/q+1;;-1. The van der Waals surface area contributed by atoms with Gasteiger partial charge < -0.3 is 24.7 Å². The van der Waals surface area contributed by atoms with Gasteiger partial charge in [0.15, 0.2) is 0 Å². The van der Waals surface area contributed by atoms with Crippen LogP contribution in [-0.4, -0.2) is 54.1 Å². The molecule has 0 unspecified atom stereocenters. The van der Waals surface area contributed by atoms with Crippen LogP contribution in [0.2, 0.25) is 0 Å². The first-order valence-electron chi connectivity index (χ1n) is 6.47. The van der Waals surface area contributed by atoms with E-state index >= 15 is 0 Å². The molecule has 7 nitrogen and oxygen atoms in total. The third-order valence-corrected chi connectivity index (χ3v) is 2.58. The minimum absolute atomic E-state index is 0.208. The summed E-state index contributed by atoms with van der Waals surface area (Å²) in [7, 11) is 4.31. The summed E-state index contributed by atoms with van der Waals surface area (Å²) < 4.78 is 0.951. The molecule has 1 amide bonds. The Kier molecular flexibility index (Phi) is 11.7. The zero-order chi connectivity index (χ0) is 16.9. The molecular weight excluding hydrogens is 274 g/mol. The summed E-state index contributed by atoms with van der Waals surface area (Å²) in [4.78, 5) is 20.6. The normalized spacial score (nSPS) is 13.2. The highest BCUT2D eigenvalue weighted by Gasteiger charge is 2.16. The van der Waals surface area contributed by atoms with Gasteiger partial charge in [-0.05, 0) is 24.8 Å². The molecule has 1 aliphatic rings. The number of hydrogen-bond acceptors (Lipinski definition) is 4. The smallest absolute Gasteiger partial charge is 0.226 e. The highest BCUT2D eigenvalue weighted by atomic mass is 16.9. The molecular formula is C14H25N3O4. The molecule has 0 radical (unpaired) electrons. The zero-order valence-electron chi connectivity index (χ0n) is 12.9. The van der Waals surface area contributed by atoms with Gasteiger partial charge in [-0.15, -0.1) is 0 Å². The van der Waals surface area contributed by atoms with Crippen LogP contribution in [0.4, 0.5) is 0 Å². The number of hydrogen-bond donors (Lipinski definition) is 0. The summed E-state index contributed by atoms with van der Waals surface area (Å²) in [6, 6.07) is 0. The molecule has 0 aromatic rings. The lowest BCUT2D eigenvalue weighted by molar-refractivity contribution is -0.878. The van der Waals surface area contributed by atoms with Gasteiger partial charge in [-0.3, -0.25) is 4.79 Å². The maximum absolute atomic E-state index is 10.7. The van der Waals surface area contributed by atoms with Crippen molar-refractivity contribution < 1.29 is 14.4 Å². The van der Waals surface area contributed by atoms with Gasteiger partial charge in [0.1, 0.15) is 0 Å². The lowest BCUT2D eigenvalue weighted by Crippen LogP contribution is -2.39. The Hall–Kier alpha value is -2.15. The van der Waals surface area contributed by atoms with Crippen LogP contribution in [0.3, 0.4) is 0 Å². The van der Waals surface area contributed by atoms with Crippen molar-refractivity contribution in [2.75, 3.05) is 33.7 Å². The first-order chi connectivity index (χ1) is 9.70. The summed E-state index contributed by atoms with van der Waals surface area (Å²) >= 11 is 0. The highest BCUT2D eigenvalue weighted by molar-refractivity contribution is 5.78. The fourth-order valence-corrected chi connectivity index (χ4v) is 1.64. The Bertz CT molecular complexity index is 351. The quantitative estimate of drug-likeness (QED) is 0.336. The Morgan fingerprint density at radius 1 is 1.24 bits per heavy atom. The van der Waals surface area contributed by atoms with E-state index < -0.39 is 5.09 Å². The molecule has 1 aliphatic heterocycles. The van der Waals surface area contributed by atoms with Gasteiger partial charge in [-0.25, -0.2) is 0 Å². The molecule has 0 aliphatic carbocycles. The lowest BCUT2D eigenvalue weighted by atomic mass is 10.4. The predicted molar refractivity (Wildman–Crippen MR) is 83.7 cm³/mol. The maximum Gasteiger partial charge on any atom is 0.226 e. The fraction of sp³-hybridized carbons (Fsp3) is 0.500. The van der Waals surface area contributed by atoms with E-state index in [-0.39, 0.29) is 5.91 Å². The predicted octanol–water partition coefficient (Wildman–Crippen LogP) is 1.95. The average Bonchev–Trinajstić information content (AvgIpc) is 2.74. The number of amides is 1. The van der Waals surface area contributed by atoms with Crippen molar-refractivity contribution >= 4 is 5.91 Å². The SMILES string of the molecule is C=CC[N+](C)(C)CC=C.C=CN1CCCC1=O.O=[N+]([O-])[O-]. The Labute approximate surface area is 126 Å². The Morgan fingerprint density at radius 3 is 1.86 bits per heavy atom. The minimum atomic E-state index is -1.75. The zero-order valence-corrected chi connectivity index (χ0v) is 12.9. The summed E-state index contributed by atoms with van der Waals surface area (Å²) in [6.45, 7) is 13.7. The van der Waals surface area contributed by atoms with Crippen molar-refractivity contribution in [1.29, 1.82) is 0 Å². The van der Waals surface area contributed by atoms with Crippen molar-refractivity contribution in [3.8, 4) is 0 Å². The van der Waals surface area contributed by atoms with Crippen LogP contribution in [0.5, 0.6) is 0 Å². The first kappa shape index (κ1) is 21.2. The number of rotatable bonds is 5. The van der Waals surface area contributed by atoms with Crippen molar-refractivity contribution in [2.24, 2.45) is 0 Å². The van der Waals surface area contributed by atoms with Gasteiger partial charge in [0.2, 0.25) is 5.91 Å². The molecule has 7 heteroatoms. The number of carbonyl (C=O) groups excluding carboxylic acids is 1. The van der Waals surface area contributed by atoms with E-state index in [9.17, 15) is 4.79 Å². The molecule has 1 heterocycles. The number of nitrogens with zero attached hydrogens (tertiary/aromatic N) is 3. The molecule has 0 bridgehead atoms. The van der Waals surface area contributed by atoms with E-state index in [4.69, 9.17) is 15.3 Å². The summed E-state index contributed by atoms with van der Waals surface area (Å²) in [5.74, 6) is 0.208. The second kappa shape index (κ2) is 11.7. The number of likely N-dealkylation sites (tertiary alicyclic amines) is 1. The van der Waals surface area contributed by atoms with E-state index in [0.717, 1.165) is 30.5 Å². The first-order valence-corrected chi connectivity index (χ1v) is 6.47. The Balaban J connectivity index is 0. The number of quaternary nitrogens is 1. The van der Waals surface area contributed by atoms with Crippen LogP contribution in [0, 0.1) is 15.3 Å². The van der Waals surface area contributed by atoms with Crippen molar-refractivity contribution in [3.63, 3.8) is 0 Å². The van der Waals surface area contributed by atoms with Crippen LogP contribution in [-0.2, 0) is 4.79 Å². The fourth-order valence-electron chi connectivity index (χ4n) is 1.64. The molecule has 120 valence electrons. The highest BCUT2D eigenvalue weighted by Crippen LogP contribution is 2.08. The maximum atomic E-state index is 10.7. The van der Waals surface area contributed by atoms with Crippen molar-refractivity contribution in [3.05, 3.63) is 53.4 Å². The third kappa shape index (κ3) is 14.1. The van der Waals surface area contributed by atoms with Crippen LogP contribution in [0.15, 0.2) is 38.1 Å².